The Balaban J connectivity index is 1.70. The first kappa shape index (κ1) is 12.6. The van der Waals surface area contributed by atoms with Crippen LogP contribution < -0.4 is 5.32 Å². The van der Waals surface area contributed by atoms with E-state index in [-0.39, 0.29) is 18.2 Å². The Morgan fingerprint density at radius 1 is 1.05 bits per heavy atom. The van der Waals surface area contributed by atoms with Crippen molar-refractivity contribution in [2.45, 2.75) is 12.3 Å². The Hall–Kier alpha value is -2.17. The number of nitrogens with zero attached hydrogens (tertiary/aromatic N) is 1. The van der Waals surface area contributed by atoms with Crippen molar-refractivity contribution in [3.8, 4) is 0 Å². The smallest absolute Gasteiger partial charge is 0.238 e. The monoisotopic (exact) mass is 280 g/mol. The van der Waals surface area contributed by atoms with Gasteiger partial charge >= 0.3 is 0 Å². The van der Waals surface area contributed by atoms with E-state index in [2.05, 4.69) is 22.3 Å². The normalized spacial score (nSPS) is 24.9. The van der Waals surface area contributed by atoms with Gasteiger partial charge in [0.25, 0.3) is 0 Å². The largest absolute Gasteiger partial charge is 0.349 e. The van der Waals surface area contributed by atoms with Gasteiger partial charge in [-0.3, -0.25) is 9.69 Å². The van der Waals surface area contributed by atoms with E-state index in [4.69, 9.17) is 4.74 Å². The average molecular weight is 280 g/mol. The lowest BCUT2D eigenvalue weighted by Crippen LogP contribution is -2.30. The quantitative estimate of drug-likeness (QED) is 0.873. The number of ether oxygens (including phenoxy) is 1. The highest BCUT2D eigenvalue weighted by atomic mass is 16.5. The summed E-state index contributed by atoms with van der Waals surface area (Å²) in [5, 5.41) is 2.94. The molecular weight excluding hydrogens is 264 g/mol. The third-order valence-corrected chi connectivity index (χ3v) is 4.04. The van der Waals surface area contributed by atoms with E-state index in [0.717, 1.165) is 23.4 Å². The van der Waals surface area contributed by atoms with Crippen LogP contribution in [0.2, 0.25) is 0 Å². The molecule has 21 heavy (non-hydrogen) atoms. The van der Waals surface area contributed by atoms with Gasteiger partial charge in [0.2, 0.25) is 5.91 Å². The Morgan fingerprint density at radius 3 is 2.67 bits per heavy atom. The molecule has 0 aliphatic carbocycles. The number of para-hydroxylation sites is 1. The van der Waals surface area contributed by atoms with Crippen LogP contribution in [0, 0.1) is 0 Å². The third-order valence-electron chi connectivity index (χ3n) is 4.04. The molecular formula is C17H16N2O2. The van der Waals surface area contributed by atoms with Crippen molar-refractivity contribution in [1.82, 2.24) is 4.90 Å². The fourth-order valence-corrected chi connectivity index (χ4v) is 3.06. The van der Waals surface area contributed by atoms with Crippen LogP contribution in [0.5, 0.6) is 0 Å². The van der Waals surface area contributed by atoms with E-state index in [0.29, 0.717) is 6.54 Å². The molecule has 106 valence electrons. The van der Waals surface area contributed by atoms with Crippen molar-refractivity contribution in [3.05, 3.63) is 65.7 Å². The average Bonchev–Trinajstić information content (AvgIpc) is 2.87. The molecule has 1 fully saturated rings. The van der Waals surface area contributed by atoms with Crippen molar-refractivity contribution in [2.24, 2.45) is 0 Å². The molecule has 0 spiro atoms. The van der Waals surface area contributed by atoms with Gasteiger partial charge in [0.15, 0.2) is 0 Å². The van der Waals surface area contributed by atoms with Crippen LogP contribution in [0.15, 0.2) is 54.6 Å². The van der Waals surface area contributed by atoms with Gasteiger partial charge in [-0.2, -0.15) is 0 Å². The lowest BCUT2D eigenvalue weighted by molar-refractivity contribution is -0.118. The number of anilines is 1. The number of amides is 1. The highest BCUT2D eigenvalue weighted by Gasteiger charge is 2.38. The van der Waals surface area contributed by atoms with Gasteiger partial charge in [0, 0.05) is 17.8 Å². The molecule has 2 aliphatic rings. The molecule has 2 heterocycles. The van der Waals surface area contributed by atoms with E-state index in [1.807, 2.05) is 42.5 Å². The summed E-state index contributed by atoms with van der Waals surface area (Å²) in [6.07, 6.45) is -0.152. The highest BCUT2D eigenvalue weighted by molar-refractivity contribution is 5.93. The summed E-state index contributed by atoms with van der Waals surface area (Å²) in [6, 6.07) is 18.0. The fourth-order valence-electron chi connectivity index (χ4n) is 3.06. The van der Waals surface area contributed by atoms with Crippen molar-refractivity contribution >= 4 is 11.6 Å². The number of hydrogen-bond acceptors (Lipinski definition) is 3. The van der Waals surface area contributed by atoms with E-state index in [9.17, 15) is 4.79 Å². The van der Waals surface area contributed by atoms with Crippen LogP contribution in [-0.4, -0.2) is 23.9 Å². The predicted octanol–water partition coefficient (Wildman–Crippen LogP) is 2.71. The molecule has 2 aliphatic heterocycles. The Morgan fingerprint density at radius 2 is 1.81 bits per heavy atom. The molecule has 0 radical (unpaired) electrons. The van der Waals surface area contributed by atoms with Crippen molar-refractivity contribution < 1.29 is 9.53 Å². The topological polar surface area (TPSA) is 41.6 Å². The number of hydrogen-bond donors (Lipinski definition) is 1. The van der Waals surface area contributed by atoms with Crippen LogP contribution in [0.1, 0.15) is 23.5 Å². The van der Waals surface area contributed by atoms with Gasteiger partial charge in [0.05, 0.1) is 12.6 Å². The number of benzene rings is 2. The second-order valence-corrected chi connectivity index (χ2v) is 5.45. The van der Waals surface area contributed by atoms with Crippen molar-refractivity contribution in [3.63, 3.8) is 0 Å². The number of rotatable bonds is 1. The van der Waals surface area contributed by atoms with Gasteiger partial charge < -0.3 is 10.1 Å². The van der Waals surface area contributed by atoms with Gasteiger partial charge in [-0.15, -0.1) is 0 Å². The zero-order valence-corrected chi connectivity index (χ0v) is 11.5. The maximum absolute atomic E-state index is 12.0. The molecule has 1 saturated heterocycles. The molecule has 0 unspecified atom stereocenters. The minimum absolute atomic E-state index is 0.00940. The summed E-state index contributed by atoms with van der Waals surface area (Å²) in [6.45, 7) is 1.10. The highest BCUT2D eigenvalue weighted by Crippen LogP contribution is 2.41. The summed E-state index contributed by atoms with van der Waals surface area (Å²) in [4.78, 5) is 14.1. The Labute approximate surface area is 123 Å². The summed E-state index contributed by atoms with van der Waals surface area (Å²) < 4.78 is 6.24. The minimum atomic E-state index is -0.162. The molecule has 4 nitrogen and oxygen atoms in total. The summed E-state index contributed by atoms with van der Waals surface area (Å²) in [7, 11) is 0. The Bertz CT molecular complexity index is 672. The first-order valence-corrected chi connectivity index (χ1v) is 7.14. The Kier molecular flexibility index (Phi) is 2.98. The maximum Gasteiger partial charge on any atom is 0.238 e. The number of nitrogens with one attached hydrogen (secondary N) is 1. The van der Waals surface area contributed by atoms with E-state index in [1.165, 1.54) is 0 Å². The third kappa shape index (κ3) is 2.22. The number of carbonyl (C=O) groups excluding carboxylic acids is 1. The summed E-state index contributed by atoms with van der Waals surface area (Å²) in [5.41, 5.74) is 3.04. The van der Waals surface area contributed by atoms with E-state index in [1.54, 1.807) is 0 Å². The zero-order valence-electron chi connectivity index (χ0n) is 11.5. The van der Waals surface area contributed by atoms with Gasteiger partial charge in [-0.25, -0.2) is 0 Å². The zero-order chi connectivity index (χ0) is 14.2. The predicted molar refractivity (Wildman–Crippen MR) is 79.7 cm³/mol. The maximum atomic E-state index is 12.0. The van der Waals surface area contributed by atoms with Gasteiger partial charge in [0.1, 0.15) is 6.23 Å². The second kappa shape index (κ2) is 4.98. The molecule has 1 amide bonds. The van der Waals surface area contributed by atoms with Gasteiger partial charge in [-0.1, -0.05) is 48.5 Å². The fraction of sp³-hybridized carbons (Fsp3) is 0.235. The minimum Gasteiger partial charge on any atom is -0.349 e. The molecule has 1 N–H and O–H groups in total. The number of carbonyl (C=O) groups is 1. The lowest BCUT2D eigenvalue weighted by Gasteiger charge is -2.19. The first-order valence-electron chi connectivity index (χ1n) is 7.14. The molecule has 0 aromatic heterocycles. The SMILES string of the molecule is O=C1CN2C[C@H](c3ccccc3)O[C@H]2c2ccccc2N1. The van der Waals surface area contributed by atoms with Gasteiger partial charge in [-0.05, 0) is 11.6 Å². The molecule has 2 aromatic carbocycles. The van der Waals surface area contributed by atoms with Crippen molar-refractivity contribution in [2.75, 3.05) is 18.4 Å². The number of fused-ring (bicyclic) bond motifs is 3. The molecule has 2 aromatic rings. The molecule has 4 rings (SSSR count). The lowest BCUT2D eigenvalue weighted by atomic mass is 10.1. The molecule has 0 saturated carbocycles. The molecule has 0 bridgehead atoms. The molecule has 4 heteroatoms. The standard InChI is InChI=1S/C17H16N2O2/c20-16-11-19-10-15(12-6-2-1-3-7-12)21-17(19)13-8-4-5-9-14(13)18-16/h1-9,15,17H,10-11H2,(H,18,20)/t15-,17+/m1/s1. The molecule has 2 atom stereocenters. The summed E-state index contributed by atoms with van der Waals surface area (Å²) >= 11 is 0. The summed E-state index contributed by atoms with van der Waals surface area (Å²) in [5.74, 6) is 0.0160. The van der Waals surface area contributed by atoms with Crippen LogP contribution in [-0.2, 0) is 9.53 Å². The van der Waals surface area contributed by atoms with Crippen LogP contribution >= 0.6 is 0 Å². The first-order chi connectivity index (χ1) is 10.3. The van der Waals surface area contributed by atoms with Crippen LogP contribution in [0.3, 0.4) is 0 Å². The van der Waals surface area contributed by atoms with E-state index >= 15 is 0 Å². The second-order valence-electron chi connectivity index (χ2n) is 5.45. The van der Waals surface area contributed by atoms with Crippen LogP contribution in [0.25, 0.3) is 0 Å². The van der Waals surface area contributed by atoms with Crippen LogP contribution in [0.4, 0.5) is 5.69 Å². The van der Waals surface area contributed by atoms with Crippen molar-refractivity contribution in [1.29, 1.82) is 0 Å². The van der Waals surface area contributed by atoms with E-state index < -0.39 is 0 Å².